The minimum Gasteiger partial charge on any atom is -0.453 e. The lowest BCUT2D eigenvalue weighted by Gasteiger charge is -2.11. The number of Topliss-reactive ketones (excluding diaryl/α,β-unsaturated/α-hetero) is 1. The van der Waals surface area contributed by atoms with Crippen molar-refractivity contribution in [3.05, 3.63) is 47.8 Å². The second-order valence-electron chi connectivity index (χ2n) is 5.74. The van der Waals surface area contributed by atoms with Gasteiger partial charge in [0.15, 0.2) is 6.61 Å². The third-order valence-electron chi connectivity index (χ3n) is 3.84. The van der Waals surface area contributed by atoms with Crippen molar-refractivity contribution in [2.75, 3.05) is 12.3 Å². The van der Waals surface area contributed by atoms with Crippen molar-refractivity contribution >= 4 is 28.9 Å². The first-order valence-electron chi connectivity index (χ1n) is 8.22. The van der Waals surface area contributed by atoms with Gasteiger partial charge >= 0.3 is 11.7 Å². The summed E-state index contributed by atoms with van der Waals surface area (Å²) in [4.78, 5) is 51.7. The van der Waals surface area contributed by atoms with Gasteiger partial charge in [-0.2, -0.15) is 0 Å². The van der Waals surface area contributed by atoms with Crippen LogP contribution in [0.2, 0.25) is 0 Å². The molecule has 2 aromatic rings. The molecular weight excluding hydrogens is 358 g/mol. The molecule has 0 saturated carbocycles. The van der Waals surface area contributed by atoms with Gasteiger partial charge in [0.25, 0.3) is 5.56 Å². The van der Waals surface area contributed by atoms with Crippen molar-refractivity contribution < 1.29 is 14.3 Å². The number of ketones is 1. The van der Waals surface area contributed by atoms with Gasteiger partial charge in [-0.25, -0.2) is 9.59 Å². The Bertz CT molecular complexity index is 954. The van der Waals surface area contributed by atoms with Crippen LogP contribution in [0.3, 0.4) is 0 Å². The van der Waals surface area contributed by atoms with E-state index >= 15 is 0 Å². The van der Waals surface area contributed by atoms with Gasteiger partial charge in [-0.3, -0.25) is 19.1 Å². The maximum atomic E-state index is 12.3. The number of aromatic nitrogens is 2. The summed E-state index contributed by atoms with van der Waals surface area (Å²) >= 11 is 1.31. The number of hydrogen-bond donors (Lipinski definition) is 2. The highest BCUT2D eigenvalue weighted by Gasteiger charge is 2.21. The van der Waals surface area contributed by atoms with Crippen LogP contribution in [0.1, 0.15) is 50.7 Å². The van der Waals surface area contributed by atoms with E-state index in [2.05, 4.69) is 4.98 Å². The monoisotopic (exact) mass is 379 g/mol. The average molecular weight is 379 g/mol. The average Bonchev–Trinajstić information content (AvgIpc) is 2.97. The lowest BCUT2D eigenvalue weighted by Crippen LogP contribution is -2.37. The molecule has 0 aliphatic rings. The minimum atomic E-state index is -0.888. The number of aryl methyl sites for hydroxylation is 2. The molecule has 2 aromatic heterocycles. The van der Waals surface area contributed by atoms with Gasteiger partial charge in [-0.1, -0.05) is 13.8 Å². The molecule has 0 bridgehead atoms. The molecular formula is C17H21N3O5S. The number of nitrogens with one attached hydrogen (secondary N) is 1. The van der Waals surface area contributed by atoms with E-state index in [1.807, 2.05) is 20.8 Å². The highest BCUT2D eigenvalue weighted by atomic mass is 32.1. The summed E-state index contributed by atoms with van der Waals surface area (Å²) in [5.41, 5.74) is 4.87. The molecule has 0 fully saturated rings. The number of carbonyl (C=O) groups is 2. The largest absolute Gasteiger partial charge is 0.453 e. The van der Waals surface area contributed by atoms with Gasteiger partial charge in [0, 0.05) is 11.4 Å². The summed E-state index contributed by atoms with van der Waals surface area (Å²) in [7, 11) is 0. The van der Waals surface area contributed by atoms with Crippen molar-refractivity contribution in [2.45, 2.75) is 40.2 Å². The maximum Gasteiger partial charge on any atom is 0.348 e. The standard InChI is InChI=1S/C17H21N3O5S/c1-4-6-20-14(18)13(15(22)19-17(20)24)10(21)8-25-16(23)12-7-9(3)11(5-2)26-12/h7H,4-6,8,18H2,1-3H3,(H,19,22,24). The maximum absolute atomic E-state index is 12.3. The normalized spacial score (nSPS) is 10.7. The first kappa shape index (κ1) is 19.6. The zero-order valence-electron chi connectivity index (χ0n) is 14.9. The van der Waals surface area contributed by atoms with Crippen molar-refractivity contribution in [1.29, 1.82) is 0 Å². The molecule has 0 saturated heterocycles. The predicted octanol–water partition coefficient (Wildman–Crippen LogP) is 1.50. The number of hydrogen-bond acceptors (Lipinski definition) is 7. The Kier molecular flexibility index (Phi) is 6.14. The van der Waals surface area contributed by atoms with Crippen LogP contribution in [-0.2, 0) is 17.7 Å². The molecule has 2 heterocycles. The number of esters is 1. The number of aromatic amines is 1. The van der Waals surface area contributed by atoms with Crippen LogP contribution >= 0.6 is 11.3 Å². The topological polar surface area (TPSA) is 124 Å². The zero-order chi connectivity index (χ0) is 19.4. The number of nitrogens with two attached hydrogens (primary N) is 1. The Morgan fingerprint density at radius 2 is 2.00 bits per heavy atom. The van der Waals surface area contributed by atoms with Gasteiger partial charge in [0.2, 0.25) is 5.78 Å². The molecule has 0 amide bonds. The fraction of sp³-hybridized carbons (Fsp3) is 0.412. The molecule has 8 nitrogen and oxygen atoms in total. The highest BCUT2D eigenvalue weighted by Crippen LogP contribution is 2.23. The summed E-state index contributed by atoms with van der Waals surface area (Å²) in [6, 6.07) is 1.71. The van der Waals surface area contributed by atoms with E-state index in [9.17, 15) is 19.2 Å². The smallest absolute Gasteiger partial charge is 0.348 e. The van der Waals surface area contributed by atoms with E-state index in [4.69, 9.17) is 10.5 Å². The summed E-state index contributed by atoms with van der Waals surface area (Å²) in [5, 5.41) is 0. The van der Waals surface area contributed by atoms with Gasteiger partial charge < -0.3 is 10.5 Å². The Labute approximate surface area is 153 Å². The lowest BCUT2D eigenvalue weighted by atomic mass is 10.2. The SMILES string of the molecule is CCCn1c(N)c(C(=O)COC(=O)c2cc(C)c(CC)s2)c(=O)[nH]c1=O. The van der Waals surface area contributed by atoms with Crippen LogP contribution in [-0.4, -0.2) is 27.9 Å². The van der Waals surface area contributed by atoms with Crippen molar-refractivity contribution in [3.63, 3.8) is 0 Å². The first-order valence-corrected chi connectivity index (χ1v) is 9.03. The fourth-order valence-corrected chi connectivity index (χ4v) is 3.56. The summed E-state index contributed by atoms with van der Waals surface area (Å²) in [6.07, 6.45) is 1.39. The second kappa shape index (κ2) is 8.13. The van der Waals surface area contributed by atoms with Crippen LogP contribution in [0.5, 0.6) is 0 Å². The second-order valence-corrected chi connectivity index (χ2v) is 6.88. The molecule has 140 valence electrons. The summed E-state index contributed by atoms with van der Waals surface area (Å²) < 4.78 is 6.14. The number of ether oxygens (including phenoxy) is 1. The molecule has 0 aromatic carbocycles. The van der Waals surface area contributed by atoms with Crippen LogP contribution in [0.25, 0.3) is 0 Å². The fourth-order valence-electron chi connectivity index (χ4n) is 2.55. The molecule has 3 N–H and O–H groups in total. The quantitative estimate of drug-likeness (QED) is 0.555. The van der Waals surface area contributed by atoms with E-state index < -0.39 is 29.6 Å². The third kappa shape index (κ3) is 3.93. The zero-order valence-corrected chi connectivity index (χ0v) is 15.7. The van der Waals surface area contributed by atoms with Gasteiger partial charge in [0.05, 0.1) is 0 Å². The molecule has 2 rings (SSSR count). The van der Waals surface area contributed by atoms with Crippen molar-refractivity contribution in [2.24, 2.45) is 0 Å². The molecule has 0 unspecified atom stereocenters. The van der Waals surface area contributed by atoms with Crippen LogP contribution in [0, 0.1) is 6.92 Å². The van der Waals surface area contributed by atoms with Crippen molar-refractivity contribution in [3.8, 4) is 0 Å². The van der Waals surface area contributed by atoms with Crippen LogP contribution in [0.4, 0.5) is 5.82 Å². The molecule has 0 spiro atoms. The molecule has 26 heavy (non-hydrogen) atoms. The number of anilines is 1. The molecule has 0 radical (unpaired) electrons. The van der Waals surface area contributed by atoms with E-state index in [0.717, 1.165) is 21.4 Å². The number of H-pyrrole nitrogens is 1. The number of nitrogens with zero attached hydrogens (tertiary/aromatic N) is 1. The lowest BCUT2D eigenvalue weighted by molar-refractivity contribution is 0.0479. The summed E-state index contributed by atoms with van der Waals surface area (Å²) in [6.45, 7) is 5.34. The summed E-state index contributed by atoms with van der Waals surface area (Å²) in [5.74, 6) is -1.61. The molecule has 9 heteroatoms. The molecule has 0 atom stereocenters. The van der Waals surface area contributed by atoms with E-state index in [1.54, 1.807) is 6.07 Å². The van der Waals surface area contributed by atoms with Gasteiger partial charge in [-0.15, -0.1) is 11.3 Å². The molecule has 0 aliphatic carbocycles. The molecule has 0 aliphatic heterocycles. The van der Waals surface area contributed by atoms with Crippen LogP contribution < -0.4 is 17.0 Å². The Morgan fingerprint density at radius 3 is 2.58 bits per heavy atom. The van der Waals surface area contributed by atoms with Crippen molar-refractivity contribution in [1.82, 2.24) is 9.55 Å². The predicted molar refractivity (Wildman–Crippen MR) is 99.1 cm³/mol. The number of nitrogen functional groups attached to an aromatic ring is 1. The Hall–Kier alpha value is -2.68. The van der Waals surface area contributed by atoms with E-state index in [1.165, 1.54) is 11.3 Å². The van der Waals surface area contributed by atoms with E-state index in [0.29, 0.717) is 11.3 Å². The Morgan fingerprint density at radius 1 is 1.31 bits per heavy atom. The van der Waals surface area contributed by atoms with Crippen LogP contribution in [0.15, 0.2) is 15.7 Å². The first-order chi connectivity index (χ1) is 12.3. The number of rotatable bonds is 7. The van der Waals surface area contributed by atoms with Gasteiger partial charge in [0.1, 0.15) is 16.3 Å². The highest BCUT2D eigenvalue weighted by molar-refractivity contribution is 7.14. The van der Waals surface area contributed by atoms with E-state index in [-0.39, 0.29) is 17.9 Å². The Balaban J connectivity index is 2.20. The number of carbonyl (C=O) groups excluding carboxylic acids is 2. The third-order valence-corrected chi connectivity index (χ3v) is 5.20. The van der Waals surface area contributed by atoms with Gasteiger partial charge in [-0.05, 0) is 31.4 Å². The minimum absolute atomic E-state index is 0.220. The number of thiophene rings is 1.